The molecule has 0 spiro atoms. The molecule has 0 N–H and O–H groups in total. The van der Waals surface area contributed by atoms with E-state index < -0.39 is 6.67 Å². The molecule has 0 saturated carbocycles. The zero-order chi connectivity index (χ0) is 11.4. The minimum absolute atomic E-state index is 0.0674. The molecule has 2 rings (SSSR count). The Kier molecular flexibility index (Phi) is 3.15. The Labute approximate surface area is 92.6 Å². The van der Waals surface area contributed by atoms with Gasteiger partial charge in [-0.05, 0) is 29.0 Å². The first-order valence-electron chi connectivity index (χ1n) is 5.01. The van der Waals surface area contributed by atoms with Crippen molar-refractivity contribution in [1.29, 1.82) is 0 Å². The number of fused-ring (bicyclic) bond motifs is 1. The van der Waals surface area contributed by atoms with E-state index >= 15 is 0 Å². The summed E-state index contributed by atoms with van der Waals surface area (Å²) in [6.07, 6.45) is 0.812. The van der Waals surface area contributed by atoms with Crippen molar-refractivity contribution in [3.8, 4) is 5.75 Å². The highest BCUT2D eigenvalue weighted by atomic mass is 18.2. The molecule has 0 saturated heterocycles. The molecule has 0 aliphatic heterocycles. The molecule has 2 aromatic rings. The summed E-state index contributed by atoms with van der Waals surface area (Å²) in [4.78, 5) is 10.6. The second kappa shape index (κ2) is 4.75. The molecular weight excluding hydrogens is 206 g/mol. The third kappa shape index (κ3) is 2.19. The van der Waals surface area contributed by atoms with Crippen LogP contribution in [0.5, 0.6) is 5.75 Å². The van der Waals surface area contributed by atoms with E-state index in [9.17, 15) is 9.18 Å². The minimum Gasteiger partial charge on any atom is -0.491 e. The van der Waals surface area contributed by atoms with Gasteiger partial charge in [0, 0.05) is 5.56 Å². The quantitative estimate of drug-likeness (QED) is 0.736. The molecule has 2 aromatic carbocycles. The lowest BCUT2D eigenvalue weighted by molar-refractivity contribution is 0.112. The summed E-state index contributed by atoms with van der Waals surface area (Å²) in [5.74, 6) is 0.643. The SMILES string of the molecule is O=Cc1ccc2cc(OCC[18F])ccc2c1. The molecule has 0 aliphatic rings. The summed E-state index contributed by atoms with van der Waals surface area (Å²) in [5, 5.41) is 1.94. The van der Waals surface area contributed by atoms with Gasteiger partial charge in [-0.2, -0.15) is 0 Å². The van der Waals surface area contributed by atoms with Crippen LogP contribution in [0.2, 0.25) is 0 Å². The number of benzene rings is 2. The van der Waals surface area contributed by atoms with Crippen molar-refractivity contribution >= 4 is 17.1 Å². The van der Waals surface area contributed by atoms with Gasteiger partial charge in [0.2, 0.25) is 0 Å². The highest BCUT2D eigenvalue weighted by molar-refractivity contribution is 5.89. The second-order valence-corrected chi connectivity index (χ2v) is 3.42. The summed E-state index contributed by atoms with van der Waals surface area (Å²) in [5.41, 5.74) is 0.643. The van der Waals surface area contributed by atoms with Gasteiger partial charge in [0.1, 0.15) is 25.3 Å². The third-order valence-corrected chi connectivity index (χ3v) is 2.32. The van der Waals surface area contributed by atoms with Crippen molar-refractivity contribution < 1.29 is 13.9 Å². The van der Waals surface area contributed by atoms with E-state index in [0.717, 1.165) is 17.1 Å². The maximum absolute atomic E-state index is 11.9. The molecular formula is C13H11FO2. The average Bonchev–Trinajstić information content (AvgIpc) is 2.35. The van der Waals surface area contributed by atoms with E-state index in [1.165, 1.54) is 0 Å². The topological polar surface area (TPSA) is 26.3 Å². The van der Waals surface area contributed by atoms with Crippen LogP contribution < -0.4 is 4.74 Å². The number of hydrogen-bond acceptors (Lipinski definition) is 2. The fraction of sp³-hybridized carbons (Fsp3) is 0.154. The van der Waals surface area contributed by atoms with Crippen molar-refractivity contribution in [3.63, 3.8) is 0 Å². The summed E-state index contributed by atoms with van der Waals surface area (Å²) in [6.45, 7) is -0.431. The van der Waals surface area contributed by atoms with Gasteiger partial charge >= 0.3 is 0 Å². The number of halogens is 1. The number of ether oxygens (including phenoxy) is 1. The monoisotopic (exact) mass is 217 g/mol. The normalized spacial score (nSPS) is 10.3. The number of rotatable bonds is 4. The Morgan fingerprint density at radius 3 is 2.62 bits per heavy atom. The van der Waals surface area contributed by atoms with Crippen LogP contribution in [0.25, 0.3) is 10.8 Å². The van der Waals surface area contributed by atoms with Gasteiger partial charge in [-0.25, -0.2) is 4.39 Å². The Hall–Kier alpha value is -1.90. The summed E-state index contributed by atoms with van der Waals surface area (Å²) < 4.78 is 17.1. The zero-order valence-corrected chi connectivity index (χ0v) is 8.65. The van der Waals surface area contributed by atoms with Gasteiger partial charge in [-0.1, -0.05) is 18.2 Å². The predicted molar refractivity (Wildman–Crippen MR) is 60.8 cm³/mol. The van der Waals surface area contributed by atoms with Crippen LogP contribution in [-0.4, -0.2) is 19.6 Å². The Morgan fingerprint density at radius 2 is 1.88 bits per heavy atom. The van der Waals surface area contributed by atoms with Crippen LogP contribution in [0.1, 0.15) is 10.4 Å². The van der Waals surface area contributed by atoms with Crippen molar-refractivity contribution in [3.05, 3.63) is 42.0 Å². The lowest BCUT2D eigenvalue weighted by Gasteiger charge is -2.05. The van der Waals surface area contributed by atoms with Gasteiger partial charge in [-0.3, -0.25) is 4.79 Å². The number of carbonyl (C=O) groups excluding carboxylic acids is 1. The van der Waals surface area contributed by atoms with Crippen LogP contribution in [0.3, 0.4) is 0 Å². The smallest absolute Gasteiger partial charge is 0.150 e. The van der Waals surface area contributed by atoms with Crippen LogP contribution in [0.15, 0.2) is 36.4 Å². The molecule has 0 heterocycles. The van der Waals surface area contributed by atoms with E-state index in [1.54, 1.807) is 18.2 Å². The van der Waals surface area contributed by atoms with Crippen LogP contribution in [0, 0.1) is 0 Å². The number of carbonyl (C=O) groups is 1. The van der Waals surface area contributed by atoms with Gasteiger partial charge in [0.15, 0.2) is 0 Å². The highest BCUT2D eigenvalue weighted by Crippen LogP contribution is 2.21. The van der Waals surface area contributed by atoms with E-state index in [1.807, 2.05) is 18.2 Å². The maximum atomic E-state index is 11.9. The largest absolute Gasteiger partial charge is 0.491 e. The van der Waals surface area contributed by atoms with Crippen molar-refractivity contribution in [2.24, 2.45) is 0 Å². The number of aldehydes is 1. The van der Waals surface area contributed by atoms with Crippen LogP contribution in [-0.2, 0) is 0 Å². The molecule has 0 bridgehead atoms. The first kappa shape index (κ1) is 10.6. The zero-order valence-electron chi connectivity index (χ0n) is 8.65. The number of hydrogen-bond donors (Lipinski definition) is 0. The first-order chi connectivity index (χ1) is 7.83. The predicted octanol–water partition coefficient (Wildman–Crippen LogP) is 3.00. The van der Waals surface area contributed by atoms with E-state index in [-0.39, 0.29) is 6.61 Å². The van der Waals surface area contributed by atoms with Gasteiger partial charge in [0.25, 0.3) is 0 Å². The van der Waals surface area contributed by atoms with Crippen molar-refractivity contribution in [2.45, 2.75) is 0 Å². The molecule has 82 valence electrons. The van der Waals surface area contributed by atoms with E-state index in [0.29, 0.717) is 11.3 Å². The molecule has 16 heavy (non-hydrogen) atoms. The summed E-state index contributed by atoms with van der Waals surface area (Å²) in [7, 11) is 0. The molecule has 0 fully saturated rings. The first-order valence-corrected chi connectivity index (χ1v) is 5.01. The van der Waals surface area contributed by atoms with Gasteiger partial charge < -0.3 is 4.74 Å². The molecule has 0 atom stereocenters. The fourth-order valence-corrected chi connectivity index (χ4v) is 1.56. The standard InChI is InChI=1S/C13H11FO2/c14-5-6-16-13-4-3-11-7-10(9-15)1-2-12(11)8-13/h1-4,7-9H,5-6H2/i14-1. The van der Waals surface area contributed by atoms with Crippen LogP contribution in [0.4, 0.5) is 4.39 Å². The minimum atomic E-state index is -0.498. The van der Waals surface area contributed by atoms with Crippen LogP contribution >= 0.6 is 0 Å². The third-order valence-electron chi connectivity index (χ3n) is 2.32. The number of alkyl halides is 1. The molecule has 0 amide bonds. The van der Waals surface area contributed by atoms with E-state index in [2.05, 4.69) is 0 Å². The molecule has 0 radical (unpaired) electrons. The fourth-order valence-electron chi connectivity index (χ4n) is 1.56. The van der Waals surface area contributed by atoms with Crippen molar-refractivity contribution in [1.82, 2.24) is 0 Å². The lowest BCUT2D eigenvalue weighted by atomic mass is 10.1. The van der Waals surface area contributed by atoms with Gasteiger partial charge in [0.05, 0.1) is 0 Å². The highest BCUT2D eigenvalue weighted by Gasteiger charge is 1.98. The molecule has 3 heteroatoms. The van der Waals surface area contributed by atoms with Crippen molar-refractivity contribution in [2.75, 3.05) is 13.3 Å². The summed E-state index contributed by atoms with van der Waals surface area (Å²) in [6, 6.07) is 10.9. The maximum Gasteiger partial charge on any atom is 0.150 e. The Bertz CT molecular complexity index is 508. The average molecular weight is 217 g/mol. The summed E-state index contributed by atoms with van der Waals surface area (Å²) >= 11 is 0. The van der Waals surface area contributed by atoms with E-state index in [4.69, 9.17) is 4.74 Å². The molecule has 0 aliphatic carbocycles. The van der Waals surface area contributed by atoms with Gasteiger partial charge in [-0.15, -0.1) is 0 Å². The lowest BCUT2D eigenvalue weighted by Crippen LogP contribution is -1.98. The molecule has 2 nitrogen and oxygen atoms in total. The Balaban J connectivity index is 2.35. The second-order valence-electron chi connectivity index (χ2n) is 3.42. The Morgan fingerprint density at radius 1 is 1.12 bits per heavy atom. The molecule has 0 unspecified atom stereocenters. The molecule has 0 aromatic heterocycles.